The molecule has 0 saturated carbocycles. The van der Waals surface area contributed by atoms with Gasteiger partial charge in [0.05, 0.1) is 5.52 Å². The third-order valence-electron chi connectivity index (χ3n) is 3.79. The molecular weight excluding hydrogens is 244 g/mol. The zero-order chi connectivity index (χ0) is 14.0. The second kappa shape index (κ2) is 8.70. The Morgan fingerprint density at radius 2 is 1.75 bits per heavy atom. The Balaban J connectivity index is 0.000000147. The van der Waals surface area contributed by atoms with E-state index in [-0.39, 0.29) is 0 Å². The second-order valence-electron chi connectivity index (χ2n) is 5.45. The fourth-order valence-electron chi connectivity index (χ4n) is 2.61. The van der Waals surface area contributed by atoms with Crippen molar-refractivity contribution in [1.82, 2.24) is 9.88 Å². The summed E-state index contributed by atoms with van der Waals surface area (Å²) >= 11 is 0. The number of para-hydroxylation sites is 1. The van der Waals surface area contributed by atoms with E-state index in [1.54, 1.807) is 0 Å². The zero-order valence-corrected chi connectivity index (χ0v) is 12.6. The summed E-state index contributed by atoms with van der Waals surface area (Å²) in [5.41, 5.74) is 1.06. The Morgan fingerprint density at radius 3 is 2.50 bits per heavy atom. The molecule has 1 saturated heterocycles. The molecule has 0 radical (unpaired) electrons. The number of fused-ring (bicyclic) bond motifs is 1. The van der Waals surface area contributed by atoms with Crippen molar-refractivity contribution in [3.05, 3.63) is 42.6 Å². The highest BCUT2D eigenvalue weighted by molar-refractivity contribution is 5.77. The summed E-state index contributed by atoms with van der Waals surface area (Å²) < 4.78 is 0. The predicted octanol–water partition coefficient (Wildman–Crippen LogP) is 4.51. The quantitative estimate of drug-likeness (QED) is 0.760. The molecule has 0 N–H and O–H groups in total. The maximum atomic E-state index is 4.18. The van der Waals surface area contributed by atoms with Gasteiger partial charge in [0.25, 0.3) is 0 Å². The molecule has 1 aliphatic heterocycles. The lowest BCUT2D eigenvalue weighted by atomic mass is 10.2. The average molecular weight is 270 g/mol. The van der Waals surface area contributed by atoms with E-state index in [0.29, 0.717) is 0 Å². The molecule has 0 unspecified atom stereocenters. The zero-order valence-electron chi connectivity index (χ0n) is 12.6. The molecular formula is C18H26N2. The van der Waals surface area contributed by atoms with E-state index in [0.717, 1.165) is 5.52 Å². The number of unbranched alkanes of at least 4 members (excludes halogenated alkanes) is 2. The van der Waals surface area contributed by atoms with Crippen LogP contribution in [0.2, 0.25) is 0 Å². The third kappa shape index (κ3) is 4.93. The van der Waals surface area contributed by atoms with Gasteiger partial charge >= 0.3 is 0 Å². The van der Waals surface area contributed by atoms with Crippen molar-refractivity contribution in [2.45, 2.75) is 39.0 Å². The van der Waals surface area contributed by atoms with Crippen LogP contribution in [0.5, 0.6) is 0 Å². The molecule has 0 aliphatic carbocycles. The van der Waals surface area contributed by atoms with Crippen molar-refractivity contribution in [1.29, 1.82) is 0 Å². The molecule has 0 bridgehead atoms. The van der Waals surface area contributed by atoms with Crippen LogP contribution in [0.3, 0.4) is 0 Å². The van der Waals surface area contributed by atoms with E-state index in [2.05, 4.69) is 28.9 Å². The van der Waals surface area contributed by atoms with E-state index >= 15 is 0 Å². The monoisotopic (exact) mass is 270 g/mol. The molecule has 2 heteroatoms. The molecule has 3 rings (SSSR count). The fraction of sp³-hybridized carbons (Fsp3) is 0.500. The van der Waals surface area contributed by atoms with Gasteiger partial charge in [0.1, 0.15) is 0 Å². The van der Waals surface area contributed by atoms with Crippen LogP contribution in [-0.2, 0) is 0 Å². The standard InChI is InChI=1S/C9H7N.C9H19N/c1-2-6-9-8(4-1)5-3-7-10-9;1-2-3-4-7-10-8-5-6-9-10/h1-7H;2-9H2,1H3. The smallest absolute Gasteiger partial charge is 0.0701 e. The van der Waals surface area contributed by atoms with Crippen LogP contribution >= 0.6 is 0 Å². The number of nitrogens with zero attached hydrogens (tertiary/aromatic N) is 2. The van der Waals surface area contributed by atoms with Crippen LogP contribution in [0, 0.1) is 0 Å². The van der Waals surface area contributed by atoms with Crippen LogP contribution in [-0.4, -0.2) is 29.5 Å². The summed E-state index contributed by atoms with van der Waals surface area (Å²) in [5.74, 6) is 0. The molecule has 0 spiro atoms. The molecule has 2 nitrogen and oxygen atoms in total. The number of benzene rings is 1. The number of aromatic nitrogens is 1. The van der Waals surface area contributed by atoms with Crippen LogP contribution in [0.4, 0.5) is 0 Å². The minimum absolute atomic E-state index is 1.06. The van der Waals surface area contributed by atoms with Gasteiger partial charge in [-0.3, -0.25) is 4.98 Å². The Morgan fingerprint density at radius 1 is 1.00 bits per heavy atom. The molecule has 0 atom stereocenters. The lowest BCUT2D eigenvalue weighted by molar-refractivity contribution is 0.329. The molecule has 20 heavy (non-hydrogen) atoms. The van der Waals surface area contributed by atoms with Gasteiger partial charge in [-0.2, -0.15) is 0 Å². The molecule has 1 aromatic heterocycles. The minimum Gasteiger partial charge on any atom is -0.303 e. The van der Waals surface area contributed by atoms with Crippen molar-refractivity contribution in [3.8, 4) is 0 Å². The first kappa shape index (κ1) is 15.0. The van der Waals surface area contributed by atoms with Gasteiger partial charge in [-0.25, -0.2) is 0 Å². The normalized spacial score (nSPS) is 15.1. The summed E-state index contributed by atoms with van der Waals surface area (Å²) in [6.45, 7) is 6.35. The maximum Gasteiger partial charge on any atom is 0.0701 e. The first-order valence-corrected chi connectivity index (χ1v) is 7.92. The Kier molecular flexibility index (Phi) is 6.52. The highest BCUT2D eigenvalue weighted by Crippen LogP contribution is 2.09. The van der Waals surface area contributed by atoms with Crippen LogP contribution in [0.25, 0.3) is 10.9 Å². The summed E-state index contributed by atoms with van der Waals surface area (Å²) in [6, 6.07) is 12.1. The van der Waals surface area contributed by atoms with Crippen molar-refractivity contribution < 1.29 is 0 Å². The second-order valence-corrected chi connectivity index (χ2v) is 5.45. The number of likely N-dealkylation sites (tertiary alicyclic amines) is 1. The van der Waals surface area contributed by atoms with Crippen molar-refractivity contribution in [2.75, 3.05) is 19.6 Å². The average Bonchev–Trinajstić information content (AvgIpc) is 3.02. The number of hydrogen-bond donors (Lipinski definition) is 0. The van der Waals surface area contributed by atoms with E-state index < -0.39 is 0 Å². The summed E-state index contributed by atoms with van der Waals surface area (Å²) in [6.07, 6.45) is 8.86. The van der Waals surface area contributed by atoms with Gasteiger partial charge in [0.15, 0.2) is 0 Å². The largest absolute Gasteiger partial charge is 0.303 e. The van der Waals surface area contributed by atoms with E-state index in [1.807, 2.05) is 30.5 Å². The fourth-order valence-corrected chi connectivity index (χ4v) is 2.61. The number of rotatable bonds is 4. The van der Waals surface area contributed by atoms with Gasteiger partial charge in [0.2, 0.25) is 0 Å². The highest BCUT2D eigenvalue weighted by Gasteiger charge is 2.09. The first-order chi connectivity index (χ1) is 9.90. The Hall–Kier alpha value is -1.41. The Bertz CT molecular complexity index is 424. The van der Waals surface area contributed by atoms with Crippen molar-refractivity contribution in [2.24, 2.45) is 0 Å². The molecule has 2 heterocycles. The third-order valence-corrected chi connectivity index (χ3v) is 3.79. The molecule has 108 valence electrons. The number of pyridine rings is 1. The van der Waals surface area contributed by atoms with E-state index in [4.69, 9.17) is 0 Å². The molecule has 1 aromatic carbocycles. The van der Waals surface area contributed by atoms with E-state index in [9.17, 15) is 0 Å². The minimum atomic E-state index is 1.06. The molecule has 2 aromatic rings. The first-order valence-electron chi connectivity index (χ1n) is 7.92. The van der Waals surface area contributed by atoms with Crippen LogP contribution < -0.4 is 0 Å². The van der Waals surface area contributed by atoms with Gasteiger partial charge in [-0.1, -0.05) is 44.0 Å². The Labute approximate surface area is 122 Å². The van der Waals surface area contributed by atoms with Crippen molar-refractivity contribution in [3.63, 3.8) is 0 Å². The van der Waals surface area contributed by atoms with Crippen LogP contribution in [0.1, 0.15) is 39.0 Å². The van der Waals surface area contributed by atoms with Gasteiger partial charge in [-0.15, -0.1) is 0 Å². The highest BCUT2D eigenvalue weighted by atomic mass is 15.1. The number of hydrogen-bond acceptors (Lipinski definition) is 2. The van der Waals surface area contributed by atoms with Gasteiger partial charge < -0.3 is 4.90 Å². The van der Waals surface area contributed by atoms with E-state index in [1.165, 1.54) is 57.1 Å². The summed E-state index contributed by atoms with van der Waals surface area (Å²) in [5, 5.41) is 1.20. The SMILES string of the molecule is CCCCCN1CCCC1.c1ccc2ncccc2c1. The van der Waals surface area contributed by atoms with Gasteiger partial charge in [-0.05, 0) is 51.0 Å². The summed E-state index contributed by atoms with van der Waals surface area (Å²) in [7, 11) is 0. The van der Waals surface area contributed by atoms with Crippen molar-refractivity contribution >= 4 is 10.9 Å². The molecule has 1 aliphatic rings. The topological polar surface area (TPSA) is 16.1 Å². The molecule has 1 fully saturated rings. The van der Waals surface area contributed by atoms with Gasteiger partial charge in [0, 0.05) is 11.6 Å². The maximum absolute atomic E-state index is 4.18. The van der Waals surface area contributed by atoms with Crippen LogP contribution in [0.15, 0.2) is 42.6 Å². The molecule has 0 amide bonds. The summed E-state index contributed by atoms with van der Waals surface area (Å²) in [4.78, 5) is 6.77. The predicted molar refractivity (Wildman–Crippen MR) is 86.9 cm³/mol. The lowest BCUT2D eigenvalue weighted by Gasteiger charge is -2.12. The lowest BCUT2D eigenvalue weighted by Crippen LogP contribution is -2.20.